The summed E-state index contributed by atoms with van der Waals surface area (Å²) in [5.41, 5.74) is 4.16. The van der Waals surface area contributed by atoms with Gasteiger partial charge in [0, 0.05) is 5.56 Å². The summed E-state index contributed by atoms with van der Waals surface area (Å²) >= 11 is 0. The minimum Gasteiger partial charge on any atom is -0.496 e. The molecule has 0 saturated carbocycles. The van der Waals surface area contributed by atoms with Crippen molar-refractivity contribution in [2.24, 2.45) is 5.41 Å². The van der Waals surface area contributed by atoms with Crippen LogP contribution in [0.25, 0.3) is 6.08 Å². The molecule has 0 aliphatic rings. The first-order valence-electron chi connectivity index (χ1n) is 6.73. The molecule has 0 bridgehead atoms. The van der Waals surface area contributed by atoms with Crippen molar-refractivity contribution < 1.29 is 4.74 Å². The van der Waals surface area contributed by atoms with Gasteiger partial charge in [0.1, 0.15) is 5.75 Å². The van der Waals surface area contributed by atoms with Crippen LogP contribution in [0.3, 0.4) is 0 Å². The average molecular weight is 246 g/mol. The fourth-order valence-corrected chi connectivity index (χ4v) is 2.24. The van der Waals surface area contributed by atoms with Crippen LogP contribution in [0.15, 0.2) is 18.2 Å². The number of hydrogen-bond donors (Lipinski definition) is 0. The molecule has 1 nitrogen and oxygen atoms in total. The zero-order valence-corrected chi connectivity index (χ0v) is 12.6. The summed E-state index contributed by atoms with van der Waals surface area (Å²) in [6.07, 6.45) is 6.29. The highest BCUT2D eigenvalue weighted by molar-refractivity contribution is 5.61. The van der Waals surface area contributed by atoms with Crippen molar-refractivity contribution in [3.63, 3.8) is 0 Å². The number of aryl methyl sites for hydroxylation is 1. The Labute approximate surface area is 112 Å². The first-order chi connectivity index (χ1) is 8.41. The normalized spacial score (nSPS) is 12.1. The van der Waals surface area contributed by atoms with E-state index in [0.717, 1.165) is 18.6 Å². The van der Waals surface area contributed by atoms with Crippen LogP contribution < -0.4 is 4.74 Å². The Morgan fingerprint density at radius 2 is 1.89 bits per heavy atom. The average Bonchev–Trinajstić information content (AvgIpc) is 2.27. The Morgan fingerprint density at radius 1 is 1.22 bits per heavy atom. The lowest BCUT2D eigenvalue weighted by Gasteiger charge is -2.22. The molecule has 100 valence electrons. The number of allylic oxidation sites excluding steroid dienone is 1. The molecule has 0 atom stereocenters. The van der Waals surface area contributed by atoms with E-state index in [1.54, 1.807) is 7.11 Å². The topological polar surface area (TPSA) is 9.23 Å². The smallest absolute Gasteiger partial charge is 0.129 e. The van der Waals surface area contributed by atoms with Gasteiger partial charge in [-0.25, -0.2) is 0 Å². The fourth-order valence-electron chi connectivity index (χ4n) is 2.24. The third kappa shape index (κ3) is 3.90. The van der Waals surface area contributed by atoms with Gasteiger partial charge in [-0.15, -0.1) is 0 Å². The third-order valence-corrected chi connectivity index (χ3v) is 2.93. The molecule has 0 fully saturated rings. The van der Waals surface area contributed by atoms with Crippen molar-refractivity contribution in [1.82, 2.24) is 0 Å². The molecule has 0 aliphatic carbocycles. The SMILES string of the molecule is CC=Cc1cc(CC)cc(CC(C)(C)C)c1OC. The van der Waals surface area contributed by atoms with Gasteiger partial charge in [-0.1, -0.05) is 45.9 Å². The van der Waals surface area contributed by atoms with E-state index < -0.39 is 0 Å². The molecule has 1 aromatic rings. The van der Waals surface area contributed by atoms with Crippen LogP contribution in [-0.2, 0) is 12.8 Å². The Kier molecular flexibility index (Phi) is 5.01. The second-order valence-corrected chi connectivity index (χ2v) is 5.97. The van der Waals surface area contributed by atoms with E-state index in [1.165, 1.54) is 16.7 Å². The quantitative estimate of drug-likeness (QED) is 0.735. The first-order valence-corrected chi connectivity index (χ1v) is 6.73. The highest BCUT2D eigenvalue weighted by Gasteiger charge is 2.17. The van der Waals surface area contributed by atoms with Crippen molar-refractivity contribution in [2.45, 2.75) is 47.5 Å². The molecular formula is C17H26O. The van der Waals surface area contributed by atoms with Crippen LogP contribution in [0.2, 0.25) is 0 Å². The van der Waals surface area contributed by atoms with Gasteiger partial charge >= 0.3 is 0 Å². The molecule has 1 rings (SSSR count). The predicted octanol–water partition coefficient (Wildman–Crippen LogP) is 4.88. The second kappa shape index (κ2) is 6.08. The number of methoxy groups -OCH3 is 1. The highest BCUT2D eigenvalue weighted by atomic mass is 16.5. The van der Waals surface area contributed by atoms with Crippen molar-refractivity contribution >= 4 is 6.08 Å². The molecule has 1 aromatic carbocycles. The number of benzene rings is 1. The molecule has 0 N–H and O–H groups in total. The number of hydrogen-bond acceptors (Lipinski definition) is 1. The second-order valence-electron chi connectivity index (χ2n) is 5.97. The lowest BCUT2D eigenvalue weighted by Crippen LogP contribution is -2.11. The molecule has 0 spiro atoms. The van der Waals surface area contributed by atoms with Crippen molar-refractivity contribution in [3.8, 4) is 5.75 Å². The van der Waals surface area contributed by atoms with Gasteiger partial charge in [0.2, 0.25) is 0 Å². The van der Waals surface area contributed by atoms with Gasteiger partial charge in [0.15, 0.2) is 0 Å². The van der Waals surface area contributed by atoms with Crippen molar-refractivity contribution in [2.75, 3.05) is 7.11 Å². The van der Waals surface area contributed by atoms with Crippen LogP contribution in [0, 0.1) is 5.41 Å². The van der Waals surface area contributed by atoms with Crippen LogP contribution in [-0.4, -0.2) is 7.11 Å². The molecule has 0 aliphatic heterocycles. The first kappa shape index (κ1) is 14.8. The van der Waals surface area contributed by atoms with Gasteiger partial charge in [-0.2, -0.15) is 0 Å². The molecule has 0 saturated heterocycles. The van der Waals surface area contributed by atoms with E-state index in [1.807, 2.05) is 6.92 Å². The van der Waals surface area contributed by atoms with Crippen molar-refractivity contribution in [3.05, 3.63) is 34.9 Å². The van der Waals surface area contributed by atoms with Gasteiger partial charge in [-0.05, 0) is 42.4 Å². The van der Waals surface area contributed by atoms with E-state index in [2.05, 4.69) is 52.0 Å². The molecule has 0 unspecified atom stereocenters. The van der Waals surface area contributed by atoms with Crippen LogP contribution in [0.5, 0.6) is 5.75 Å². The molecule has 0 amide bonds. The van der Waals surface area contributed by atoms with Crippen molar-refractivity contribution in [1.29, 1.82) is 0 Å². The highest BCUT2D eigenvalue weighted by Crippen LogP contribution is 2.32. The lowest BCUT2D eigenvalue weighted by molar-refractivity contribution is 0.378. The fraction of sp³-hybridized carbons (Fsp3) is 0.529. The zero-order chi connectivity index (χ0) is 13.8. The molecular weight excluding hydrogens is 220 g/mol. The standard InChI is InChI=1S/C17H26O/c1-7-9-14-10-13(8-2)11-15(16(14)18-6)12-17(3,4)5/h7,9-11H,8,12H2,1-6H3. The summed E-state index contributed by atoms with van der Waals surface area (Å²) in [5, 5.41) is 0. The van der Waals surface area contributed by atoms with E-state index in [0.29, 0.717) is 0 Å². The van der Waals surface area contributed by atoms with Gasteiger partial charge in [-0.3, -0.25) is 0 Å². The summed E-state index contributed by atoms with van der Waals surface area (Å²) in [7, 11) is 1.76. The third-order valence-electron chi connectivity index (χ3n) is 2.93. The Morgan fingerprint density at radius 3 is 2.33 bits per heavy atom. The maximum Gasteiger partial charge on any atom is 0.129 e. The molecule has 18 heavy (non-hydrogen) atoms. The van der Waals surface area contributed by atoms with Gasteiger partial charge < -0.3 is 4.74 Å². The van der Waals surface area contributed by atoms with E-state index >= 15 is 0 Å². The van der Waals surface area contributed by atoms with Crippen LogP contribution in [0.4, 0.5) is 0 Å². The molecule has 0 radical (unpaired) electrons. The largest absolute Gasteiger partial charge is 0.496 e. The van der Waals surface area contributed by atoms with E-state index in [4.69, 9.17) is 4.74 Å². The summed E-state index contributed by atoms with van der Waals surface area (Å²) in [4.78, 5) is 0. The Balaban J connectivity index is 3.32. The summed E-state index contributed by atoms with van der Waals surface area (Å²) in [6.45, 7) is 11.0. The maximum absolute atomic E-state index is 5.62. The Hall–Kier alpha value is -1.24. The molecule has 0 aromatic heterocycles. The predicted molar refractivity (Wildman–Crippen MR) is 80.2 cm³/mol. The lowest BCUT2D eigenvalue weighted by atomic mass is 9.86. The minimum atomic E-state index is 0.271. The maximum atomic E-state index is 5.62. The summed E-state index contributed by atoms with van der Waals surface area (Å²) < 4.78 is 5.62. The summed E-state index contributed by atoms with van der Waals surface area (Å²) in [6, 6.07) is 4.52. The van der Waals surface area contributed by atoms with Crippen LogP contribution in [0.1, 0.15) is 51.3 Å². The van der Waals surface area contributed by atoms with E-state index in [-0.39, 0.29) is 5.41 Å². The number of rotatable bonds is 4. The van der Waals surface area contributed by atoms with Crippen LogP contribution >= 0.6 is 0 Å². The minimum absolute atomic E-state index is 0.271. The summed E-state index contributed by atoms with van der Waals surface area (Å²) in [5.74, 6) is 1.03. The molecule has 0 heterocycles. The monoisotopic (exact) mass is 246 g/mol. The zero-order valence-electron chi connectivity index (χ0n) is 12.6. The van der Waals surface area contributed by atoms with E-state index in [9.17, 15) is 0 Å². The van der Waals surface area contributed by atoms with Gasteiger partial charge in [0.05, 0.1) is 7.11 Å². The number of ether oxygens (including phenoxy) is 1. The Bertz CT molecular complexity index is 422. The molecule has 1 heteroatoms. The van der Waals surface area contributed by atoms with Gasteiger partial charge in [0.25, 0.3) is 0 Å².